The second-order valence-electron chi connectivity index (χ2n) is 2.46. The summed E-state index contributed by atoms with van der Waals surface area (Å²) in [5.41, 5.74) is 0.0179. The third kappa shape index (κ3) is 1.82. The first-order chi connectivity index (χ1) is 6.61. The van der Waals surface area contributed by atoms with Gasteiger partial charge < -0.3 is 14.6 Å². The Labute approximate surface area is 89.6 Å². The van der Waals surface area contributed by atoms with Crippen LogP contribution in [0, 0.1) is 0 Å². The summed E-state index contributed by atoms with van der Waals surface area (Å²) in [6, 6.07) is 3.24. The Bertz CT molecular complexity index is 362. The van der Waals surface area contributed by atoms with Crippen molar-refractivity contribution in [3.05, 3.63) is 22.2 Å². The Morgan fingerprint density at radius 2 is 2.00 bits per heavy atom. The number of ether oxygens (including phenoxy) is 2. The van der Waals surface area contributed by atoms with Crippen LogP contribution in [0.15, 0.2) is 16.6 Å². The lowest BCUT2D eigenvalue weighted by atomic mass is 9.92. The maximum atomic E-state index is 10.9. The number of hydrogen-bond donors (Lipinski definition) is 1. The first kappa shape index (κ1) is 10.8. The number of hydrogen-bond acceptors (Lipinski definition) is 3. The zero-order valence-corrected chi connectivity index (χ0v) is 9.29. The van der Waals surface area contributed by atoms with E-state index in [1.165, 1.54) is 14.2 Å². The molecule has 0 saturated carbocycles. The van der Waals surface area contributed by atoms with Crippen LogP contribution in [0.5, 0.6) is 11.5 Å². The molecule has 0 saturated heterocycles. The topological polar surface area (TPSA) is 55.8 Å². The van der Waals surface area contributed by atoms with E-state index in [9.17, 15) is 4.79 Å². The summed E-state index contributed by atoms with van der Waals surface area (Å²) in [5.74, 6) is -0.547. The van der Waals surface area contributed by atoms with E-state index in [4.69, 9.17) is 14.6 Å². The van der Waals surface area contributed by atoms with Gasteiger partial charge in [-0.25, -0.2) is 4.79 Å². The molecule has 4 nitrogen and oxygen atoms in total. The summed E-state index contributed by atoms with van der Waals surface area (Å²) in [5, 5.41) is 8.95. The van der Waals surface area contributed by atoms with Crippen LogP contribution in [0.1, 0.15) is 10.4 Å². The van der Waals surface area contributed by atoms with Gasteiger partial charge >= 0.3 is 5.97 Å². The van der Waals surface area contributed by atoms with Gasteiger partial charge in [0.1, 0.15) is 11.3 Å². The van der Waals surface area contributed by atoms with Crippen molar-refractivity contribution in [3.8, 4) is 11.5 Å². The summed E-state index contributed by atoms with van der Waals surface area (Å²) in [4.78, 5) is 10.9. The van der Waals surface area contributed by atoms with Crippen LogP contribution in [0.25, 0.3) is 0 Å². The van der Waals surface area contributed by atoms with Crippen molar-refractivity contribution in [2.45, 2.75) is 0 Å². The molecular weight excluding hydrogens is 251 g/mol. The fraction of sp³-hybridized carbons (Fsp3) is 0.222. The molecule has 0 bridgehead atoms. The van der Waals surface area contributed by atoms with Crippen LogP contribution in [-0.4, -0.2) is 25.3 Å². The van der Waals surface area contributed by atoms with Gasteiger partial charge in [0.2, 0.25) is 0 Å². The van der Waals surface area contributed by atoms with Crippen LogP contribution in [0.4, 0.5) is 0 Å². The molecule has 0 fully saturated rings. The molecule has 1 aromatic rings. The molecule has 0 unspecified atom stereocenters. The lowest BCUT2D eigenvalue weighted by molar-refractivity contribution is 0.0689. The molecule has 14 heavy (non-hydrogen) atoms. The minimum absolute atomic E-state index is 0.0179. The highest BCUT2D eigenvalue weighted by molar-refractivity contribution is 9.10. The Hall–Kier alpha value is -1.23. The molecule has 1 rings (SSSR count). The molecule has 0 amide bonds. The summed E-state index contributed by atoms with van der Waals surface area (Å²) in [6.45, 7) is 0. The zero-order chi connectivity index (χ0) is 10.7. The summed E-state index contributed by atoms with van der Waals surface area (Å²) in [7, 11) is 2.82. The largest absolute Gasteiger partial charge is 0.496 e. The van der Waals surface area contributed by atoms with E-state index in [0.29, 0.717) is 4.47 Å². The van der Waals surface area contributed by atoms with Gasteiger partial charge in [-0.05, 0) is 28.1 Å². The Kier molecular flexibility index (Phi) is 3.35. The highest BCUT2D eigenvalue weighted by Crippen LogP contribution is 2.35. The average Bonchev–Trinajstić information content (AvgIpc) is 2.17. The predicted molar refractivity (Wildman–Crippen MR) is 54.2 cm³/mol. The number of aromatic carboxylic acids is 1. The minimum Gasteiger partial charge on any atom is -0.496 e. The van der Waals surface area contributed by atoms with Crippen LogP contribution in [0.3, 0.4) is 0 Å². The third-order valence-corrected chi connectivity index (χ3v) is 2.33. The summed E-state index contributed by atoms with van der Waals surface area (Å²) >= 11 is 3.20. The second-order valence-corrected chi connectivity index (χ2v) is 3.32. The maximum absolute atomic E-state index is 10.9. The van der Waals surface area contributed by atoms with Gasteiger partial charge in [0.15, 0.2) is 5.75 Å². The van der Waals surface area contributed by atoms with Gasteiger partial charge in [-0.2, -0.15) is 0 Å². The molecule has 0 spiro atoms. The maximum Gasteiger partial charge on any atom is 0.343 e. The molecule has 5 heteroatoms. The monoisotopic (exact) mass is 259 g/mol. The van der Waals surface area contributed by atoms with E-state index in [0.717, 1.165) is 0 Å². The number of halogens is 1. The van der Waals surface area contributed by atoms with Crippen molar-refractivity contribution in [1.82, 2.24) is 0 Å². The number of carboxylic acid groups (broad SMARTS) is 1. The van der Waals surface area contributed by atoms with Gasteiger partial charge in [0, 0.05) is 0 Å². The van der Waals surface area contributed by atoms with Gasteiger partial charge in [-0.15, -0.1) is 0 Å². The van der Waals surface area contributed by atoms with Gasteiger partial charge in [0.05, 0.1) is 18.7 Å². The standard InChI is InChI=1S/C9H9BrO4/c1-13-6-4-3-5(10)8(14-2)7(6)9(11)12/h3-4H,1-2H3,(H,11,12)/i9-1. The van der Waals surface area contributed by atoms with Crippen LogP contribution < -0.4 is 9.47 Å². The highest BCUT2D eigenvalue weighted by atomic mass is 79.9. The van der Waals surface area contributed by atoms with Crippen LogP contribution in [0.2, 0.25) is 0 Å². The molecule has 0 aliphatic carbocycles. The van der Waals surface area contributed by atoms with E-state index in [2.05, 4.69) is 15.9 Å². The van der Waals surface area contributed by atoms with E-state index < -0.39 is 5.97 Å². The van der Waals surface area contributed by atoms with Crippen molar-refractivity contribution in [1.29, 1.82) is 0 Å². The number of carboxylic acids is 1. The van der Waals surface area contributed by atoms with Gasteiger partial charge in [0.25, 0.3) is 0 Å². The lowest BCUT2D eigenvalue weighted by Crippen LogP contribution is -2.04. The normalized spacial score (nSPS) is 9.64. The Morgan fingerprint density at radius 1 is 1.36 bits per heavy atom. The van der Waals surface area contributed by atoms with Gasteiger partial charge in [-0.3, -0.25) is 0 Å². The lowest BCUT2D eigenvalue weighted by Gasteiger charge is -2.10. The van der Waals surface area contributed by atoms with E-state index >= 15 is 0 Å². The van der Waals surface area contributed by atoms with E-state index in [1.807, 2.05) is 0 Å². The number of methoxy groups -OCH3 is 2. The molecule has 0 aliphatic heterocycles. The fourth-order valence-corrected chi connectivity index (χ4v) is 1.60. The molecule has 0 atom stereocenters. The van der Waals surface area contributed by atoms with Crippen molar-refractivity contribution in [2.24, 2.45) is 0 Å². The van der Waals surface area contributed by atoms with E-state index in [-0.39, 0.29) is 17.1 Å². The average molecular weight is 260 g/mol. The SMILES string of the molecule is COc1ccc(Br)c(OC)c1[11C](=O)O. The number of benzene rings is 1. The Morgan fingerprint density at radius 3 is 2.43 bits per heavy atom. The molecule has 76 valence electrons. The van der Waals surface area contributed by atoms with Gasteiger partial charge in [-0.1, -0.05) is 0 Å². The molecule has 0 aliphatic rings. The number of rotatable bonds is 3. The first-order valence-electron chi connectivity index (χ1n) is 3.75. The van der Waals surface area contributed by atoms with Crippen molar-refractivity contribution >= 4 is 21.9 Å². The molecular formula is C9H9BrO4. The van der Waals surface area contributed by atoms with Crippen molar-refractivity contribution in [2.75, 3.05) is 14.2 Å². The number of carbonyl (C=O) groups is 1. The molecule has 1 aromatic carbocycles. The summed E-state index contributed by atoms with van der Waals surface area (Å²) < 4.78 is 10.5. The zero-order valence-electron chi connectivity index (χ0n) is 7.70. The minimum atomic E-state index is -1.08. The summed E-state index contributed by atoms with van der Waals surface area (Å²) in [6.07, 6.45) is 0. The predicted octanol–water partition coefficient (Wildman–Crippen LogP) is 2.16. The quantitative estimate of drug-likeness (QED) is 0.904. The molecule has 0 heterocycles. The van der Waals surface area contributed by atoms with E-state index in [1.54, 1.807) is 12.1 Å². The smallest absolute Gasteiger partial charge is 0.343 e. The van der Waals surface area contributed by atoms with Crippen LogP contribution >= 0.6 is 15.9 Å². The second kappa shape index (κ2) is 4.32. The molecule has 1 N–H and O–H groups in total. The highest BCUT2D eigenvalue weighted by Gasteiger charge is 2.19. The van der Waals surface area contributed by atoms with Crippen molar-refractivity contribution < 1.29 is 19.4 Å². The Balaban J connectivity index is 3.43. The fourth-order valence-electron chi connectivity index (χ4n) is 1.11. The molecule has 0 aromatic heterocycles. The van der Waals surface area contributed by atoms with Crippen molar-refractivity contribution in [3.63, 3.8) is 0 Å². The third-order valence-electron chi connectivity index (χ3n) is 1.71. The molecule has 0 radical (unpaired) electrons. The van der Waals surface area contributed by atoms with Crippen LogP contribution in [-0.2, 0) is 0 Å². The first-order valence-corrected chi connectivity index (χ1v) is 4.55.